The summed E-state index contributed by atoms with van der Waals surface area (Å²) in [4.78, 5) is 31.5. The molecule has 4 aliphatic carbocycles. The number of benzene rings is 4. The van der Waals surface area contributed by atoms with Crippen molar-refractivity contribution >= 4 is 11.8 Å². The summed E-state index contributed by atoms with van der Waals surface area (Å²) in [6, 6.07) is 38.1. The van der Waals surface area contributed by atoms with Gasteiger partial charge in [0.05, 0.1) is 45.7 Å². The molecule has 346 valence electrons. The molecule has 0 aromatic heterocycles. The number of unbranched alkanes of at least 4 members (excludes halogenated alkanes) is 2. The van der Waals surface area contributed by atoms with Crippen LogP contribution in [0.2, 0.25) is 0 Å². The summed E-state index contributed by atoms with van der Waals surface area (Å²) in [7, 11) is 0. The molecule has 0 unspecified atom stereocenters. The van der Waals surface area contributed by atoms with Gasteiger partial charge in [0.25, 0.3) is 0 Å². The van der Waals surface area contributed by atoms with E-state index in [1.165, 1.54) is 38.5 Å². The Morgan fingerprint density at radius 3 is 1.63 bits per heavy atom. The van der Waals surface area contributed by atoms with Crippen molar-refractivity contribution in [3.05, 3.63) is 156 Å². The zero-order valence-electron chi connectivity index (χ0n) is 38.2. The molecule has 4 aromatic rings. The number of carbonyl (C=O) groups excluding carboxylic acids is 2. The second-order valence-electron chi connectivity index (χ2n) is 19.2. The number of likely N-dealkylation sites (tertiary alicyclic amines) is 1. The van der Waals surface area contributed by atoms with Crippen LogP contribution >= 0.6 is 0 Å². The van der Waals surface area contributed by atoms with Crippen molar-refractivity contribution < 1.29 is 33.3 Å². The van der Waals surface area contributed by atoms with Crippen molar-refractivity contribution in [3.63, 3.8) is 0 Å². The van der Waals surface area contributed by atoms with Gasteiger partial charge in [0.15, 0.2) is 0 Å². The van der Waals surface area contributed by atoms with Crippen molar-refractivity contribution in [1.29, 1.82) is 0 Å². The SMILES string of the molecule is C=CCCC(=O)N1[C@@H](COCc2ccccc2)[C@@H](OCc2ccccc2)[C@H](OCc2ccccc2)[C@@H](OCc2ccccc2)[C@@H]1C(=O)NCCCCCOCC12CC3CC(CC(C3)C1)C2. The van der Waals surface area contributed by atoms with E-state index < -0.39 is 30.4 Å². The van der Waals surface area contributed by atoms with Crippen LogP contribution in [0.3, 0.4) is 0 Å². The van der Waals surface area contributed by atoms with Crippen molar-refractivity contribution in [2.24, 2.45) is 23.2 Å². The van der Waals surface area contributed by atoms with Crippen LogP contribution in [0.15, 0.2) is 134 Å². The third-order valence-electron chi connectivity index (χ3n) is 14.2. The van der Waals surface area contributed by atoms with E-state index in [0.717, 1.165) is 72.5 Å². The molecule has 9 nitrogen and oxygen atoms in total. The number of carbonyl (C=O) groups is 2. The highest BCUT2D eigenvalue weighted by Crippen LogP contribution is 2.60. The highest BCUT2D eigenvalue weighted by molar-refractivity contribution is 5.89. The van der Waals surface area contributed by atoms with Crippen LogP contribution < -0.4 is 5.32 Å². The zero-order valence-corrected chi connectivity index (χ0v) is 38.2. The summed E-state index contributed by atoms with van der Waals surface area (Å²) in [5, 5.41) is 3.26. The van der Waals surface area contributed by atoms with Crippen LogP contribution in [0.5, 0.6) is 0 Å². The Hall–Kier alpha value is -4.64. The highest BCUT2D eigenvalue weighted by atomic mass is 16.6. The summed E-state index contributed by atoms with van der Waals surface area (Å²) in [6.45, 7) is 7.18. The Morgan fingerprint density at radius 2 is 1.11 bits per heavy atom. The molecule has 4 aromatic carbocycles. The molecule has 9 heteroatoms. The van der Waals surface area contributed by atoms with Crippen LogP contribution in [0, 0.1) is 23.2 Å². The molecule has 4 bridgehead atoms. The molecule has 9 rings (SSSR count). The minimum absolute atomic E-state index is 0.109. The number of hydrogen-bond acceptors (Lipinski definition) is 7. The molecule has 0 radical (unpaired) electrons. The van der Waals surface area contributed by atoms with E-state index in [-0.39, 0.29) is 44.7 Å². The lowest BCUT2D eigenvalue weighted by Crippen LogP contribution is -2.73. The van der Waals surface area contributed by atoms with Crippen molar-refractivity contribution in [3.8, 4) is 0 Å². The second-order valence-corrected chi connectivity index (χ2v) is 19.2. The third-order valence-corrected chi connectivity index (χ3v) is 14.2. The fourth-order valence-corrected chi connectivity index (χ4v) is 11.6. The summed E-state index contributed by atoms with van der Waals surface area (Å²) >= 11 is 0. The van der Waals surface area contributed by atoms with E-state index in [1.54, 1.807) is 11.0 Å². The van der Waals surface area contributed by atoms with Gasteiger partial charge in [-0.05, 0) is 110 Å². The number of amides is 2. The highest BCUT2D eigenvalue weighted by Gasteiger charge is 2.56. The maximum absolute atomic E-state index is 15.0. The average molecular weight is 883 g/mol. The van der Waals surface area contributed by atoms with Gasteiger partial charge in [0, 0.05) is 19.6 Å². The Morgan fingerprint density at radius 1 is 0.615 bits per heavy atom. The normalized spacial score (nSPS) is 26.8. The summed E-state index contributed by atoms with van der Waals surface area (Å²) in [5.41, 5.74) is 4.31. The molecule has 1 N–H and O–H groups in total. The Balaban J connectivity index is 1.03. The Bertz CT molecular complexity index is 2010. The van der Waals surface area contributed by atoms with Crippen molar-refractivity contribution in [2.75, 3.05) is 26.4 Å². The van der Waals surface area contributed by atoms with E-state index in [2.05, 4.69) is 11.9 Å². The quantitative estimate of drug-likeness (QED) is 0.0523. The lowest BCUT2D eigenvalue weighted by molar-refractivity contribution is -0.227. The first-order valence-corrected chi connectivity index (χ1v) is 24.3. The number of nitrogens with one attached hydrogen (secondary N) is 1. The average Bonchev–Trinajstić information content (AvgIpc) is 3.33. The Kier molecular flexibility index (Phi) is 17.1. The first-order chi connectivity index (χ1) is 32.0. The summed E-state index contributed by atoms with van der Waals surface area (Å²) in [6.07, 6.45) is 11.0. The summed E-state index contributed by atoms with van der Waals surface area (Å²) < 4.78 is 33.7. The number of ether oxygens (including phenoxy) is 5. The van der Waals surface area contributed by atoms with E-state index in [9.17, 15) is 4.79 Å². The van der Waals surface area contributed by atoms with E-state index >= 15 is 4.79 Å². The lowest BCUT2D eigenvalue weighted by atomic mass is 9.50. The van der Waals surface area contributed by atoms with Crippen LogP contribution in [-0.4, -0.2) is 73.5 Å². The molecule has 5 aliphatic rings. The lowest BCUT2D eigenvalue weighted by Gasteiger charge is -2.56. The first-order valence-electron chi connectivity index (χ1n) is 24.3. The largest absolute Gasteiger partial charge is 0.381 e. The van der Waals surface area contributed by atoms with Crippen molar-refractivity contribution in [1.82, 2.24) is 10.2 Å². The number of hydrogen-bond donors (Lipinski definition) is 1. The minimum Gasteiger partial charge on any atom is -0.381 e. The van der Waals surface area contributed by atoms with Gasteiger partial charge in [0.2, 0.25) is 11.8 Å². The molecule has 5 fully saturated rings. The smallest absolute Gasteiger partial charge is 0.245 e. The van der Waals surface area contributed by atoms with Crippen LogP contribution in [0.25, 0.3) is 0 Å². The standard InChI is InChI=1S/C56H70N2O7/c1-2-3-27-50(59)58-49(40-62-36-42-19-9-4-10-20-42)52(63-37-43-21-11-5-12-22-43)54(65-39-45-25-15-7-16-26-45)53(64-38-44-23-13-6-14-24-44)51(58)55(60)57-28-17-8-18-29-61-41-56-33-46-30-47(34-56)32-48(31-46)35-56/h2,4-7,9-16,19-26,46-49,51-54H,1,3,8,17-18,27-41H2,(H,57,60)/t46?,47?,48?,49-,51+,52+,53-,54-,56?/m0/s1. The Labute approximate surface area is 387 Å². The van der Waals surface area contributed by atoms with E-state index in [4.69, 9.17) is 23.7 Å². The molecule has 1 heterocycles. The van der Waals surface area contributed by atoms with Gasteiger partial charge in [-0.25, -0.2) is 0 Å². The van der Waals surface area contributed by atoms with Crippen LogP contribution in [-0.2, 0) is 59.7 Å². The maximum Gasteiger partial charge on any atom is 0.245 e. The second kappa shape index (κ2) is 23.7. The molecule has 0 spiro atoms. The molecule has 1 saturated heterocycles. The van der Waals surface area contributed by atoms with Gasteiger partial charge in [0.1, 0.15) is 24.4 Å². The molecular formula is C56H70N2O7. The van der Waals surface area contributed by atoms with Gasteiger partial charge in [-0.1, -0.05) is 127 Å². The van der Waals surface area contributed by atoms with Crippen LogP contribution in [0.1, 0.15) is 92.9 Å². The molecule has 2 amide bonds. The van der Waals surface area contributed by atoms with Gasteiger partial charge < -0.3 is 33.9 Å². The van der Waals surface area contributed by atoms with Gasteiger partial charge in [-0.3, -0.25) is 9.59 Å². The van der Waals surface area contributed by atoms with E-state index in [1.807, 2.05) is 121 Å². The zero-order chi connectivity index (χ0) is 44.7. The topological polar surface area (TPSA) is 95.6 Å². The number of nitrogens with zero attached hydrogens (tertiary/aromatic N) is 1. The summed E-state index contributed by atoms with van der Waals surface area (Å²) in [5.74, 6) is 2.28. The van der Waals surface area contributed by atoms with Gasteiger partial charge in [-0.15, -0.1) is 6.58 Å². The predicted molar refractivity (Wildman–Crippen MR) is 253 cm³/mol. The van der Waals surface area contributed by atoms with Crippen LogP contribution in [0.4, 0.5) is 0 Å². The number of piperidine rings is 1. The molecular weight excluding hydrogens is 813 g/mol. The van der Waals surface area contributed by atoms with Gasteiger partial charge in [-0.2, -0.15) is 0 Å². The van der Waals surface area contributed by atoms with E-state index in [0.29, 0.717) is 25.0 Å². The monoisotopic (exact) mass is 883 g/mol. The number of rotatable bonds is 25. The minimum atomic E-state index is -1.04. The fraction of sp³-hybridized carbons (Fsp3) is 0.500. The van der Waals surface area contributed by atoms with Gasteiger partial charge >= 0.3 is 0 Å². The van der Waals surface area contributed by atoms with Crippen molar-refractivity contribution in [2.45, 2.75) is 127 Å². The molecule has 4 saturated carbocycles. The number of allylic oxidation sites excluding steroid dienone is 1. The fourth-order valence-electron chi connectivity index (χ4n) is 11.6. The molecule has 65 heavy (non-hydrogen) atoms. The molecule has 1 aliphatic heterocycles. The third kappa shape index (κ3) is 12.8. The molecule has 5 atom stereocenters. The maximum atomic E-state index is 15.0. The first kappa shape index (κ1) is 46.9. The predicted octanol–water partition coefficient (Wildman–Crippen LogP) is 10.0.